The Hall–Kier alpha value is -3.18. The Morgan fingerprint density at radius 2 is 1.98 bits per heavy atom. The van der Waals surface area contributed by atoms with Crippen molar-refractivity contribution in [1.82, 2.24) is 9.88 Å². The van der Waals surface area contributed by atoms with Crippen LogP contribution >= 0.6 is 11.8 Å². The van der Waals surface area contributed by atoms with Crippen molar-refractivity contribution in [3.8, 4) is 0 Å². The number of ether oxygens (including phenoxy) is 1. The first-order valence-electron chi connectivity index (χ1n) is 13.5. The van der Waals surface area contributed by atoms with Gasteiger partial charge >= 0.3 is 5.97 Å². The summed E-state index contributed by atoms with van der Waals surface area (Å²) in [6.07, 6.45) is 5.25. The summed E-state index contributed by atoms with van der Waals surface area (Å²) in [7, 11) is 0. The number of benzene rings is 2. The number of anilines is 2. The molecule has 0 bridgehead atoms. The van der Waals surface area contributed by atoms with E-state index >= 15 is 4.39 Å². The van der Waals surface area contributed by atoms with Crippen molar-refractivity contribution in [2.75, 3.05) is 24.7 Å². The highest BCUT2D eigenvalue weighted by atomic mass is 32.2. The minimum atomic E-state index is -0.751. The molecule has 8 nitrogen and oxygen atoms in total. The number of likely N-dealkylation sites (tertiary alicyclic amines) is 1. The summed E-state index contributed by atoms with van der Waals surface area (Å²) in [6, 6.07) is 7.34. The van der Waals surface area contributed by atoms with E-state index in [9.17, 15) is 19.1 Å². The van der Waals surface area contributed by atoms with Gasteiger partial charge in [0.2, 0.25) is 5.91 Å². The van der Waals surface area contributed by atoms with Gasteiger partial charge in [-0.3, -0.25) is 9.59 Å². The van der Waals surface area contributed by atoms with Gasteiger partial charge in [0.25, 0.3) is 6.01 Å². The molecule has 2 aromatic carbocycles. The molecule has 1 aliphatic carbocycles. The van der Waals surface area contributed by atoms with E-state index in [-0.39, 0.29) is 58.3 Å². The van der Waals surface area contributed by atoms with Gasteiger partial charge in [-0.25, -0.2) is 8.78 Å². The minimum Gasteiger partial charge on any atom is -0.481 e. The number of hydrogen-bond acceptors (Lipinski definition) is 7. The molecule has 1 aliphatic heterocycles. The highest BCUT2D eigenvalue weighted by molar-refractivity contribution is 7.99. The molecule has 214 valence electrons. The summed E-state index contributed by atoms with van der Waals surface area (Å²) in [6.45, 7) is 2.74. The third kappa shape index (κ3) is 6.25. The summed E-state index contributed by atoms with van der Waals surface area (Å²) < 4.78 is 40.9. The number of thioether (sulfide) groups is 1. The van der Waals surface area contributed by atoms with Crippen LogP contribution < -0.4 is 5.32 Å². The number of amides is 1. The Bertz CT molecular complexity index is 1390. The molecular weight excluding hydrogens is 540 g/mol. The first kappa shape index (κ1) is 28.4. The molecule has 0 spiro atoms. The van der Waals surface area contributed by atoms with Gasteiger partial charge in [-0.1, -0.05) is 12.1 Å². The zero-order chi connectivity index (χ0) is 28.4. The van der Waals surface area contributed by atoms with Gasteiger partial charge in [0.05, 0.1) is 31.1 Å². The minimum absolute atomic E-state index is 0.00819. The molecule has 5 rings (SSSR count). The van der Waals surface area contributed by atoms with Crippen molar-refractivity contribution in [1.29, 1.82) is 0 Å². The Labute approximate surface area is 235 Å². The number of rotatable bonds is 9. The van der Waals surface area contributed by atoms with Crippen LogP contribution in [0.2, 0.25) is 0 Å². The number of carboxylic acids is 1. The standard InChI is InChI=1S/C29H33F2N3O5S/c1-16-3-7-19(30)12-24(16)33-29-32-23-10-6-18(26(31)27(23)39-29)11-25(35)34-14-22(40-2)13-20(34)15-38-21-8-4-17(5-9-21)28(36)37/h3,6-7,10,12,17,20-22H,4-5,8-9,11,13-15H2,1-2H3,(H,32,33)(H,36,37)/t17?,20-,21?,22-/m0/s1. The molecule has 2 atom stereocenters. The molecule has 1 amide bonds. The van der Waals surface area contributed by atoms with E-state index in [0.717, 1.165) is 12.0 Å². The van der Waals surface area contributed by atoms with Crippen molar-refractivity contribution in [3.63, 3.8) is 0 Å². The van der Waals surface area contributed by atoms with Crippen LogP contribution in [0.15, 0.2) is 34.7 Å². The zero-order valence-electron chi connectivity index (χ0n) is 22.5. The molecule has 1 saturated heterocycles. The lowest BCUT2D eigenvalue weighted by atomic mass is 9.87. The molecular formula is C29H33F2N3O5S. The second kappa shape index (κ2) is 12.1. The van der Waals surface area contributed by atoms with Crippen LogP contribution in [0.3, 0.4) is 0 Å². The molecule has 40 heavy (non-hydrogen) atoms. The molecule has 11 heteroatoms. The topological polar surface area (TPSA) is 105 Å². The fourth-order valence-electron chi connectivity index (χ4n) is 5.53. The number of nitrogens with zero attached hydrogens (tertiary/aromatic N) is 2. The average molecular weight is 574 g/mol. The lowest BCUT2D eigenvalue weighted by Gasteiger charge is -2.30. The number of oxazole rings is 1. The van der Waals surface area contributed by atoms with Gasteiger partial charge in [-0.05, 0) is 69.0 Å². The van der Waals surface area contributed by atoms with E-state index in [1.54, 1.807) is 41.8 Å². The number of carbonyl (C=O) groups is 2. The molecule has 2 heterocycles. The maximum atomic E-state index is 15.5. The molecule has 2 N–H and O–H groups in total. The first-order valence-corrected chi connectivity index (χ1v) is 14.8. The highest BCUT2D eigenvalue weighted by Crippen LogP contribution is 2.32. The van der Waals surface area contributed by atoms with E-state index < -0.39 is 17.6 Å². The SMILES string of the molecule is CS[C@H]1C[C@@H](COC2CCC(C(=O)O)CC2)N(C(=O)Cc2ccc3nc(Nc4cc(F)ccc4C)oc3c2F)C1. The van der Waals surface area contributed by atoms with Gasteiger partial charge in [0, 0.05) is 23.0 Å². The molecule has 1 saturated carbocycles. The molecule has 0 radical (unpaired) electrons. The Kier molecular flexibility index (Phi) is 8.60. The van der Waals surface area contributed by atoms with Crippen molar-refractivity contribution in [2.45, 2.75) is 62.8 Å². The Balaban J connectivity index is 1.25. The lowest BCUT2D eigenvalue weighted by Crippen LogP contribution is -2.40. The molecule has 2 aliphatic rings. The number of hydrogen-bond donors (Lipinski definition) is 2. The monoisotopic (exact) mass is 573 g/mol. The normalized spacial score (nSPS) is 23.1. The van der Waals surface area contributed by atoms with Crippen LogP contribution in [0.1, 0.15) is 43.2 Å². The molecule has 1 aromatic heterocycles. The van der Waals surface area contributed by atoms with Crippen molar-refractivity contribution in [3.05, 3.63) is 53.1 Å². The average Bonchev–Trinajstić information content (AvgIpc) is 3.55. The van der Waals surface area contributed by atoms with E-state index in [0.29, 0.717) is 44.5 Å². The predicted octanol–water partition coefficient (Wildman–Crippen LogP) is 5.69. The Morgan fingerprint density at radius 3 is 2.70 bits per heavy atom. The van der Waals surface area contributed by atoms with Gasteiger partial charge in [0.15, 0.2) is 11.4 Å². The van der Waals surface area contributed by atoms with Gasteiger partial charge in [-0.2, -0.15) is 16.7 Å². The molecule has 2 fully saturated rings. The quantitative estimate of drug-likeness (QED) is 0.336. The summed E-state index contributed by atoms with van der Waals surface area (Å²) in [5.74, 6) is -2.31. The number of halogens is 2. The van der Waals surface area contributed by atoms with Crippen molar-refractivity contribution < 1.29 is 32.6 Å². The maximum Gasteiger partial charge on any atom is 0.306 e. The van der Waals surface area contributed by atoms with Gasteiger partial charge in [-0.15, -0.1) is 0 Å². The van der Waals surface area contributed by atoms with E-state index in [2.05, 4.69) is 10.3 Å². The van der Waals surface area contributed by atoms with Crippen LogP contribution in [0, 0.1) is 24.5 Å². The number of nitrogens with one attached hydrogen (secondary N) is 1. The van der Waals surface area contributed by atoms with Gasteiger partial charge < -0.3 is 24.5 Å². The van der Waals surface area contributed by atoms with E-state index in [4.69, 9.17) is 9.15 Å². The summed E-state index contributed by atoms with van der Waals surface area (Å²) in [5.41, 5.74) is 1.67. The predicted molar refractivity (Wildman–Crippen MR) is 149 cm³/mol. The van der Waals surface area contributed by atoms with Crippen LogP contribution in [-0.4, -0.2) is 63.7 Å². The van der Waals surface area contributed by atoms with E-state index in [1.165, 1.54) is 12.1 Å². The van der Waals surface area contributed by atoms with Gasteiger partial charge in [0.1, 0.15) is 11.3 Å². The summed E-state index contributed by atoms with van der Waals surface area (Å²) in [5, 5.41) is 12.4. The second-order valence-electron chi connectivity index (χ2n) is 10.6. The lowest BCUT2D eigenvalue weighted by molar-refractivity contribution is -0.144. The number of fused-ring (bicyclic) bond motifs is 1. The van der Waals surface area contributed by atoms with Crippen LogP contribution in [0.25, 0.3) is 11.1 Å². The summed E-state index contributed by atoms with van der Waals surface area (Å²) in [4.78, 5) is 30.7. The second-order valence-corrected chi connectivity index (χ2v) is 11.7. The number of aryl methyl sites for hydroxylation is 1. The zero-order valence-corrected chi connectivity index (χ0v) is 23.3. The Morgan fingerprint density at radius 1 is 1.20 bits per heavy atom. The fourth-order valence-corrected chi connectivity index (χ4v) is 6.26. The number of carbonyl (C=O) groups excluding carboxylic acids is 1. The molecule has 0 unspecified atom stereocenters. The number of aromatic nitrogens is 1. The van der Waals surface area contributed by atoms with Crippen molar-refractivity contribution >= 4 is 46.4 Å². The highest BCUT2D eigenvalue weighted by Gasteiger charge is 2.36. The molecule has 3 aromatic rings. The number of carboxylic acid groups (broad SMARTS) is 1. The van der Waals surface area contributed by atoms with Crippen molar-refractivity contribution in [2.24, 2.45) is 5.92 Å². The first-order chi connectivity index (χ1) is 19.2. The van der Waals surface area contributed by atoms with E-state index in [1.807, 2.05) is 6.26 Å². The maximum absolute atomic E-state index is 15.5. The summed E-state index contributed by atoms with van der Waals surface area (Å²) >= 11 is 1.70. The largest absolute Gasteiger partial charge is 0.481 e. The fraction of sp³-hybridized carbons (Fsp3) is 0.483. The smallest absolute Gasteiger partial charge is 0.306 e. The third-order valence-electron chi connectivity index (χ3n) is 7.94. The van der Waals surface area contributed by atoms with Crippen LogP contribution in [-0.2, 0) is 20.7 Å². The van der Waals surface area contributed by atoms with Crippen LogP contribution in [0.4, 0.5) is 20.5 Å². The number of aliphatic carboxylic acids is 1. The van der Waals surface area contributed by atoms with Crippen LogP contribution in [0.5, 0.6) is 0 Å². The third-order valence-corrected chi connectivity index (χ3v) is 8.95.